The van der Waals surface area contributed by atoms with Crippen molar-refractivity contribution in [3.63, 3.8) is 0 Å². The van der Waals surface area contributed by atoms with E-state index in [2.05, 4.69) is 156 Å². The van der Waals surface area contributed by atoms with Gasteiger partial charge in [0.25, 0.3) is 0 Å². The highest BCUT2D eigenvalue weighted by Crippen LogP contribution is 2.60. The number of para-hydroxylation sites is 3. The summed E-state index contributed by atoms with van der Waals surface area (Å²) >= 11 is 0. The summed E-state index contributed by atoms with van der Waals surface area (Å²) in [5.74, 6) is 2.39. The first-order chi connectivity index (χ1) is 26.3. The van der Waals surface area contributed by atoms with E-state index in [0.29, 0.717) is 11.8 Å². The van der Waals surface area contributed by atoms with Crippen LogP contribution in [0.3, 0.4) is 0 Å². The van der Waals surface area contributed by atoms with Crippen molar-refractivity contribution < 1.29 is 9.47 Å². The number of benzene rings is 4. The third-order valence-electron chi connectivity index (χ3n) is 13.2. The summed E-state index contributed by atoms with van der Waals surface area (Å²) in [5, 5.41) is 2.67. The minimum absolute atomic E-state index is 0.0418. The number of hydrogen-bond donors (Lipinski definition) is 0. The van der Waals surface area contributed by atoms with E-state index in [-0.39, 0.29) is 36.1 Å². The molecule has 8 unspecified atom stereocenters. The van der Waals surface area contributed by atoms with Crippen molar-refractivity contribution >= 4 is 38.6 Å². The molecule has 6 aliphatic rings. The Labute approximate surface area is 312 Å². The molecule has 0 N–H and O–H groups in total. The number of fused-ring (bicyclic) bond motifs is 7. The molecule has 1 aromatic heterocycles. The number of ether oxygens (including phenoxy) is 2. The minimum Gasteiger partial charge on any atom is -0.489 e. The van der Waals surface area contributed by atoms with Gasteiger partial charge >= 0.3 is 0 Å². The Morgan fingerprint density at radius 3 is 2.42 bits per heavy atom. The van der Waals surface area contributed by atoms with Gasteiger partial charge in [-0.3, -0.25) is 0 Å². The molecule has 2 aliphatic heterocycles. The molecule has 0 saturated carbocycles. The summed E-state index contributed by atoms with van der Waals surface area (Å²) in [5.41, 5.74) is 10.8. The molecule has 4 aliphatic carbocycles. The van der Waals surface area contributed by atoms with Crippen molar-refractivity contribution in [3.8, 4) is 5.75 Å². The van der Waals surface area contributed by atoms with Gasteiger partial charge in [0.15, 0.2) is 0 Å². The molecule has 0 amide bonds. The van der Waals surface area contributed by atoms with Gasteiger partial charge in [0.1, 0.15) is 11.9 Å². The second-order valence-electron chi connectivity index (χ2n) is 15.9. The fraction of sp³-hybridized carbons (Fsp3) is 0.280. The SMILES string of the molecule is C1=CC2OC3C(c4ccccc4)=CC=CC3C(C3c4ccccc4OC4CC=CCC43)C2C(c2cccc3c4ccccc4n(C4=CCCCC4)c23)=C1. The lowest BCUT2D eigenvalue weighted by Crippen LogP contribution is -2.53. The van der Waals surface area contributed by atoms with E-state index in [0.717, 1.165) is 31.4 Å². The summed E-state index contributed by atoms with van der Waals surface area (Å²) in [6.45, 7) is 0. The standard InChI is InChI=1S/C50H45NO2/c1-3-16-32(17-4-1)34-23-13-27-41-48(46-39-21-8-11-29-43(39)52-44-30-12-9-22-40(44)46)47-36(24-15-31-45(47)53-50(34)41)38-26-14-25-37-35-20-7-10-28-42(35)51(49(37)38)33-18-5-2-6-19-33/h1,3-4,7-18,20-21,23-29,31,40-41,44-48,50H,2,5-6,19,22,30H2. The summed E-state index contributed by atoms with van der Waals surface area (Å²) in [4.78, 5) is 0. The van der Waals surface area contributed by atoms with Gasteiger partial charge in [0.2, 0.25) is 0 Å². The van der Waals surface area contributed by atoms with E-state index < -0.39 is 0 Å². The Balaban J connectivity index is 1.14. The first-order valence-electron chi connectivity index (χ1n) is 19.9. The zero-order valence-electron chi connectivity index (χ0n) is 30.1. The number of rotatable bonds is 4. The van der Waals surface area contributed by atoms with Gasteiger partial charge in [-0.2, -0.15) is 0 Å². The molecule has 3 nitrogen and oxygen atoms in total. The Morgan fingerprint density at radius 1 is 0.679 bits per heavy atom. The van der Waals surface area contributed by atoms with Crippen LogP contribution < -0.4 is 4.74 Å². The van der Waals surface area contributed by atoms with Crippen LogP contribution in [0.2, 0.25) is 0 Å². The third kappa shape index (κ3) is 4.97. The van der Waals surface area contributed by atoms with Crippen LogP contribution in [0.15, 0.2) is 152 Å². The van der Waals surface area contributed by atoms with Crippen LogP contribution in [0.5, 0.6) is 5.75 Å². The van der Waals surface area contributed by atoms with E-state index in [4.69, 9.17) is 9.47 Å². The Hall–Kier alpha value is -5.12. The maximum Gasteiger partial charge on any atom is 0.123 e. The maximum atomic E-state index is 7.47. The molecule has 0 spiro atoms. The zero-order chi connectivity index (χ0) is 34.9. The molecule has 0 bridgehead atoms. The molecule has 4 aromatic carbocycles. The lowest BCUT2D eigenvalue weighted by molar-refractivity contribution is -0.0899. The van der Waals surface area contributed by atoms with Gasteiger partial charge in [-0.15, -0.1) is 0 Å². The highest BCUT2D eigenvalue weighted by Gasteiger charge is 2.55. The predicted octanol–water partition coefficient (Wildman–Crippen LogP) is 11.9. The largest absolute Gasteiger partial charge is 0.489 e. The van der Waals surface area contributed by atoms with Crippen LogP contribution in [0, 0.1) is 23.7 Å². The van der Waals surface area contributed by atoms with Crippen LogP contribution in [0.1, 0.15) is 61.1 Å². The average molecular weight is 692 g/mol. The van der Waals surface area contributed by atoms with Crippen molar-refractivity contribution in [1.29, 1.82) is 0 Å². The van der Waals surface area contributed by atoms with Crippen LogP contribution in [0.4, 0.5) is 0 Å². The lowest BCUT2D eigenvalue weighted by Gasteiger charge is -2.55. The quantitative estimate of drug-likeness (QED) is 0.175. The number of nitrogens with zero attached hydrogens (tertiary/aromatic N) is 1. The minimum atomic E-state index is -0.0607. The smallest absolute Gasteiger partial charge is 0.123 e. The Bertz CT molecular complexity index is 2420. The molecule has 53 heavy (non-hydrogen) atoms. The lowest BCUT2D eigenvalue weighted by atomic mass is 9.56. The molecular weight excluding hydrogens is 647 g/mol. The fourth-order valence-corrected chi connectivity index (χ4v) is 11.1. The Morgan fingerprint density at radius 2 is 1.49 bits per heavy atom. The van der Waals surface area contributed by atoms with Crippen molar-refractivity contribution in [3.05, 3.63) is 168 Å². The first-order valence-corrected chi connectivity index (χ1v) is 19.9. The summed E-state index contributed by atoms with van der Waals surface area (Å²) in [6, 6.07) is 36.0. The van der Waals surface area contributed by atoms with E-state index in [1.165, 1.54) is 68.2 Å². The average Bonchev–Trinajstić information content (AvgIpc) is 3.57. The molecule has 0 radical (unpaired) electrons. The Kier molecular flexibility index (Phi) is 7.57. The molecule has 8 atom stereocenters. The second kappa shape index (κ2) is 12.8. The van der Waals surface area contributed by atoms with E-state index in [1.807, 2.05) is 0 Å². The highest BCUT2D eigenvalue weighted by molar-refractivity contribution is 6.13. The predicted molar refractivity (Wildman–Crippen MR) is 217 cm³/mol. The number of hydrogen-bond acceptors (Lipinski definition) is 2. The summed E-state index contributed by atoms with van der Waals surface area (Å²) < 4.78 is 16.9. The first kappa shape index (κ1) is 31.4. The summed E-state index contributed by atoms with van der Waals surface area (Å²) in [7, 11) is 0. The number of aromatic nitrogens is 1. The number of allylic oxidation sites excluding steroid dienone is 7. The van der Waals surface area contributed by atoms with Gasteiger partial charge in [0, 0.05) is 46.2 Å². The van der Waals surface area contributed by atoms with Gasteiger partial charge in [-0.05, 0) is 78.3 Å². The molecule has 3 heteroatoms. The maximum absolute atomic E-state index is 7.47. The van der Waals surface area contributed by atoms with E-state index >= 15 is 0 Å². The van der Waals surface area contributed by atoms with Crippen molar-refractivity contribution in [2.75, 3.05) is 0 Å². The normalized spacial score (nSPS) is 30.0. The van der Waals surface area contributed by atoms with Gasteiger partial charge in [-0.1, -0.05) is 140 Å². The van der Waals surface area contributed by atoms with Crippen LogP contribution in [-0.4, -0.2) is 22.9 Å². The van der Waals surface area contributed by atoms with Crippen LogP contribution in [-0.2, 0) is 4.74 Å². The van der Waals surface area contributed by atoms with Gasteiger partial charge < -0.3 is 14.0 Å². The zero-order valence-corrected chi connectivity index (χ0v) is 30.1. The molecule has 1 saturated heterocycles. The molecule has 5 aromatic rings. The topological polar surface area (TPSA) is 23.4 Å². The fourth-order valence-electron chi connectivity index (χ4n) is 11.1. The van der Waals surface area contributed by atoms with Crippen molar-refractivity contribution in [1.82, 2.24) is 4.57 Å². The van der Waals surface area contributed by atoms with E-state index in [9.17, 15) is 0 Å². The molecule has 3 heterocycles. The highest BCUT2D eigenvalue weighted by atomic mass is 16.5. The van der Waals surface area contributed by atoms with Crippen molar-refractivity contribution in [2.45, 2.75) is 62.8 Å². The summed E-state index contributed by atoms with van der Waals surface area (Å²) in [6.07, 6.45) is 28.3. The van der Waals surface area contributed by atoms with E-state index in [1.54, 1.807) is 0 Å². The molecule has 1 fully saturated rings. The van der Waals surface area contributed by atoms with Gasteiger partial charge in [-0.25, -0.2) is 0 Å². The van der Waals surface area contributed by atoms with Crippen LogP contribution >= 0.6 is 0 Å². The second-order valence-corrected chi connectivity index (χ2v) is 15.9. The van der Waals surface area contributed by atoms with Crippen molar-refractivity contribution in [2.24, 2.45) is 23.7 Å². The third-order valence-corrected chi connectivity index (χ3v) is 13.2. The monoisotopic (exact) mass is 691 g/mol. The van der Waals surface area contributed by atoms with Crippen LogP contribution in [0.25, 0.3) is 38.6 Å². The molecule has 11 rings (SSSR count). The van der Waals surface area contributed by atoms with Gasteiger partial charge in [0.05, 0.1) is 23.2 Å². The molecular formula is C50H45NO2. The molecule has 262 valence electrons.